The molecule has 0 aliphatic rings. The summed E-state index contributed by atoms with van der Waals surface area (Å²) in [6, 6.07) is 8.29. The topological polar surface area (TPSA) is 115 Å². The van der Waals surface area contributed by atoms with E-state index in [0.717, 1.165) is 0 Å². The van der Waals surface area contributed by atoms with Crippen molar-refractivity contribution in [3.8, 4) is 0 Å². The van der Waals surface area contributed by atoms with Crippen molar-refractivity contribution in [3.05, 3.63) is 35.9 Å². The highest BCUT2D eigenvalue weighted by Crippen LogP contribution is 2.19. The first-order valence-corrected chi connectivity index (χ1v) is 4.66. The van der Waals surface area contributed by atoms with Crippen molar-refractivity contribution in [2.75, 3.05) is 6.61 Å². The molecule has 1 unspecified atom stereocenters. The van der Waals surface area contributed by atoms with E-state index in [4.69, 9.17) is 20.1 Å². The van der Waals surface area contributed by atoms with E-state index in [1.54, 1.807) is 30.3 Å². The lowest BCUT2D eigenvalue weighted by Gasteiger charge is -2.17. The lowest BCUT2D eigenvalue weighted by Crippen LogP contribution is -2.31. The highest BCUT2D eigenvalue weighted by Gasteiger charge is 2.31. The van der Waals surface area contributed by atoms with Crippen molar-refractivity contribution < 1.29 is 30.0 Å². The van der Waals surface area contributed by atoms with Gasteiger partial charge >= 0.3 is 11.9 Å². The first-order valence-electron chi connectivity index (χ1n) is 4.66. The third kappa shape index (κ3) is 5.10. The molecule has 0 spiro atoms. The van der Waals surface area contributed by atoms with Crippen LogP contribution in [0.3, 0.4) is 0 Å². The SMILES string of the molecule is CC(O)(C(=O)O)c1ccccc1.O=C(O)CO. The van der Waals surface area contributed by atoms with Gasteiger partial charge in [-0.1, -0.05) is 30.3 Å². The zero-order chi connectivity index (χ0) is 13.5. The maximum atomic E-state index is 10.6. The van der Waals surface area contributed by atoms with Gasteiger partial charge < -0.3 is 20.4 Å². The van der Waals surface area contributed by atoms with Crippen LogP contribution in [0, 0.1) is 0 Å². The van der Waals surface area contributed by atoms with Crippen LogP contribution in [-0.2, 0) is 15.2 Å². The summed E-state index contributed by atoms with van der Waals surface area (Å²) in [7, 11) is 0. The molecule has 0 saturated heterocycles. The van der Waals surface area contributed by atoms with E-state index in [0.29, 0.717) is 5.56 Å². The van der Waals surface area contributed by atoms with Gasteiger partial charge in [-0.2, -0.15) is 0 Å². The molecular weight excluding hydrogens is 228 g/mol. The summed E-state index contributed by atoms with van der Waals surface area (Å²) in [6.07, 6.45) is 0. The molecular formula is C11H14O6. The van der Waals surface area contributed by atoms with Crippen LogP contribution < -0.4 is 0 Å². The van der Waals surface area contributed by atoms with Crippen LogP contribution in [0.1, 0.15) is 12.5 Å². The predicted molar refractivity (Wildman–Crippen MR) is 58.4 cm³/mol. The summed E-state index contributed by atoms with van der Waals surface area (Å²) < 4.78 is 0. The van der Waals surface area contributed by atoms with Crippen LogP contribution in [0.2, 0.25) is 0 Å². The Morgan fingerprint density at radius 1 is 1.18 bits per heavy atom. The van der Waals surface area contributed by atoms with E-state index in [1.807, 2.05) is 0 Å². The summed E-state index contributed by atoms with van der Waals surface area (Å²) in [5, 5.41) is 33.1. The van der Waals surface area contributed by atoms with Gasteiger partial charge in [0, 0.05) is 0 Å². The van der Waals surface area contributed by atoms with E-state index in [-0.39, 0.29) is 0 Å². The molecule has 0 heterocycles. The van der Waals surface area contributed by atoms with Crippen molar-refractivity contribution in [1.82, 2.24) is 0 Å². The molecule has 1 aromatic carbocycles. The second-order valence-electron chi connectivity index (χ2n) is 3.30. The highest BCUT2D eigenvalue weighted by atomic mass is 16.4. The summed E-state index contributed by atoms with van der Waals surface area (Å²) in [6.45, 7) is 0.477. The summed E-state index contributed by atoms with van der Waals surface area (Å²) in [5.41, 5.74) is -1.40. The maximum Gasteiger partial charge on any atom is 0.340 e. The van der Waals surface area contributed by atoms with E-state index >= 15 is 0 Å². The van der Waals surface area contributed by atoms with Gasteiger partial charge in [0.15, 0.2) is 5.60 Å². The molecule has 0 aliphatic heterocycles. The van der Waals surface area contributed by atoms with Crippen molar-refractivity contribution >= 4 is 11.9 Å². The zero-order valence-electron chi connectivity index (χ0n) is 9.20. The van der Waals surface area contributed by atoms with Gasteiger partial charge in [-0.05, 0) is 12.5 Å². The minimum absolute atomic E-state index is 0.387. The van der Waals surface area contributed by atoms with Crippen molar-refractivity contribution in [1.29, 1.82) is 0 Å². The van der Waals surface area contributed by atoms with E-state index in [2.05, 4.69) is 0 Å². The third-order valence-electron chi connectivity index (χ3n) is 1.89. The summed E-state index contributed by atoms with van der Waals surface area (Å²) in [5.74, 6) is -2.43. The monoisotopic (exact) mass is 242 g/mol. The van der Waals surface area contributed by atoms with Gasteiger partial charge in [0.1, 0.15) is 6.61 Å². The molecule has 17 heavy (non-hydrogen) atoms. The van der Waals surface area contributed by atoms with Gasteiger partial charge in [0.2, 0.25) is 0 Å². The molecule has 1 aromatic rings. The fourth-order valence-corrected chi connectivity index (χ4v) is 0.886. The van der Waals surface area contributed by atoms with E-state index in [9.17, 15) is 9.90 Å². The third-order valence-corrected chi connectivity index (χ3v) is 1.89. The number of hydrogen-bond acceptors (Lipinski definition) is 4. The largest absolute Gasteiger partial charge is 0.480 e. The Morgan fingerprint density at radius 3 is 1.88 bits per heavy atom. The zero-order valence-corrected chi connectivity index (χ0v) is 9.20. The molecule has 0 aromatic heterocycles. The number of aliphatic hydroxyl groups is 2. The molecule has 4 N–H and O–H groups in total. The highest BCUT2D eigenvalue weighted by molar-refractivity contribution is 5.78. The number of carbonyl (C=O) groups is 2. The Morgan fingerprint density at radius 2 is 1.59 bits per heavy atom. The molecule has 6 heteroatoms. The fourth-order valence-electron chi connectivity index (χ4n) is 0.886. The normalized spacial score (nSPS) is 12.9. The van der Waals surface area contributed by atoms with E-state index < -0.39 is 24.1 Å². The van der Waals surface area contributed by atoms with Crippen molar-refractivity contribution in [2.45, 2.75) is 12.5 Å². The van der Waals surface area contributed by atoms with Crippen LogP contribution in [0.5, 0.6) is 0 Å². The molecule has 0 amide bonds. The Bertz CT molecular complexity index is 371. The van der Waals surface area contributed by atoms with Crippen LogP contribution in [0.15, 0.2) is 30.3 Å². The van der Waals surface area contributed by atoms with Crippen molar-refractivity contribution in [3.63, 3.8) is 0 Å². The molecule has 0 bridgehead atoms. The molecule has 0 saturated carbocycles. The van der Waals surface area contributed by atoms with Crippen LogP contribution >= 0.6 is 0 Å². The average Bonchev–Trinajstić information content (AvgIpc) is 2.30. The predicted octanol–water partition coefficient (Wildman–Crippen LogP) is 0.0420. The number of carboxylic acids is 2. The first-order chi connectivity index (χ1) is 7.82. The number of rotatable bonds is 3. The summed E-state index contributed by atoms with van der Waals surface area (Å²) >= 11 is 0. The molecule has 1 atom stereocenters. The molecule has 94 valence electrons. The van der Waals surface area contributed by atoms with Crippen LogP contribution in [-0.4, -0.2) is 39.0 Å². The molecule has 6 nitrogen and oxygen atoms in total. The standard InChI is InChI=1S/C9H10O3.C2H4O3/c1-9(12,8(10)11)7-5-3-2-4-6-7;3-1-2(4)5/h2-6,12H,1H3,(H,10,11);3H,1H2,(H,4,5). The van der Waals surface area contributed by atoms with E-state index in [1.165, 1.54) is 6.92 Å². The number of aliphatic carboxylic acids is 2. The lowest BCUT2D eigenvalue weighted by atomic mass is 9.97. The molecule has 0 radical (unpaired) electrons. The van der Waals surface area contributed by atoms with Gasteiger partial charge in [0.05, 0.1) is 0 Å². The van der Waals surface area contributed by atoms with Crippen LogP contribution in [0.4, 0.5) is 0 Å². The van der Waals surface area contributed by atoms with Gasteiger partial charge in [0.25, 0.3) is 0 Å². The van der Waals surface area contributed by atoms with Gasteiger partial charge in [-0.3, -0.25) is 0 Å². The number of carboxylic acid groups (broad SMARTS) is 2. The number of hydrogen-bond donors (Lipinski definition) is 4. The summed E-state index contributed by atoms with van der Waals surface area (Å²) in [4.78, 5) is 19.7. The van der Waals surface area contributed by atoms with Crippen LogP contribution in [0.25, 0.3) is 0 Å². The Balaban J connectivity index is 0.000000437. The maximum absolute atomic E-state index is 10.6. The minimum atomic E-state index is -1.79. The minimum Gasteiger partial charge on any atom is -0.480 e. The van der Waals surface area contributed by atoms with Crippen molar-refractivity contribution in [2.24, 2.45) is 0 Å². The number of aliphatic hydroxyl groups excluding tert-OH is 1. The second kappa shape index (κ2) is 6.62. The lowest BCUT2D eigenvalue weighted by molar-refractivity contribution is -0.157. The average molecular weight is 242 g/mol. The second-order valence-corrected chi connectivity index (χ2v) is 3.30. The first kappa shape index (κ1) is 15.1. The Hall–Kier alpha value is -1.92. The molecule has 0 fully saturated rings. The molecule has 0 aliphatic carbocycles. The number of benzene rings is 1. The Labute approximate surface area is 97.8 Å². The quantitative estimate of drug-likeness (QED) is 0.595. The molecule has 1 rings (SSSR count). The Kier molecular flexibility index (Phi) is 5.87. The van der Waals surface area contributed by atoms with Gasteiger partial charge in [-0.25, -0.2) is 9.59 Å². The fraction of sp³-hybridized carbons (Fsp3) is 0.273. The smallest absolute Gasteiger partial charge is 0.340 e. The van der Waals surface area contributed by atoms with Gasteiger partial charge in [-0.15, -0.1) is 0 Å².